The van der Waals surface area contributed by atoms with Crippen LogP contribution in [0.3, 0.4) is 0 Å². The first-order chi connectivity index (χ1) is 8.05. The van der Waals surface area contributed by atoms with Crippen LogP contribution in [0.1, 0.15) is 65.7 Å². The summed E-state index contributed by atoms with van der Waals surface area (Å²) in [5, 5.41) is 0. The van der Waals surface area contributed by atoms with Crippen LogP contribution in [0.2, 0.25) is 0 Å². The van der Waals surface area contributed by atoms with Crippen molar-refractivity contribution >= 4 is 0 Å². The van der Waals surface area contributed by atoms with Gasteiger partial charge in [0.15, 0.2) is 0 Å². The third-order valence-corrected chi connectivity index (χ3v) is 6.32. The zero-order valence-electron chi connectivity index (χ0n) is 11.7. The van der Waals surface area contributed by atoms with E-state index in [0.717, 1.165) is 23.2 Å². The van der Waals surface area contributed by atoms with Crippen molar-refractivity contribution in [1.29, 1.82) is 0 Å². The summed E-state index contributed by atoms with van der Waals surface area (Å²) in [6, 6.07) is 0. The smallest absolute Gasteiger partial charge is 0.00146 e. The van der Waals surface area contributed by atoms with Gasteiger partial charge in [0.05, 0.1) is 0 Å². The first kappa shape index (κ1) is 10.6. The van der Waals surface area contributed by atoms with Crippen LogP contribution in [-0.4, -0.2) is 0 Å². The van der Waals surface area contributed by atoms with Gasteiger partial charge in [0.25, 0.3) is 0 Å². The van der Waals surface area contributed by atoms with E-state index in [0.29, 0.717) is 5.41 Å². The summed E-state index contributed by atoms with van der Waals surface area (Å²) in [6.45, 7) is 7.43. The lowest BCUT2D eigenvalue weighted by atomic mass is 9.74. The predicted molar refractivity (Wildman–Crippen MR) is 71.7 cm³/mol. The fourth-order valence-electron chi connectivity index (χ4n) is 6.13. The van der Waals surface area contributed by atoms with Crippen LogP contribution in [0.15, 0.2) is 11.1 Å². The molecule has 0 aliphatic heterocycles. The van der Waals surface area contributed by atoms with E-state index in [2.05, 4.69) is 20.8 Å². The molecule has 0 radical (unpaired) electrons. The van der Waals surface area contributed by atoms with E-state index in [1.54, 1.807) is 19.3 Å². The number of rotatable bonds is 0. The lowest BCUT2D eigenvalue weighted by molar-refractivity contribution is 0.270. The van der Waals surface area contributed by atoms with E-state index in [1.165, 1.54) is 25.7 Å². The average Bonchev–Trinajstić information content (AvgIpc) is 2.72. The number of allylic oxidation sites excluding steroid dienone is 2. The molecule has 0 nitrogen and oxygen atoms in total. The normalized spacial score (nSPS) is 47.8. The highest BCUT2D eigenvalue weighted by Gasteiger charge is 2.70. The monoisotopic (exact) mass is 230 g/mol. The van der Waals surface area contributed by atoms with Crippen molar-refractivity contribution in [2.24, 2.45) is 28.6 Å². The van der Waals surface area contributed by atoms with Crippen molar-refractivity contribution in [3.8, 4) is 0 Å². The molecule has 3 fully saturated rings. The van der Waals surface area contributed by atoms with E-state index in [4.69, 9.17) is 0 Å². The molecular weight excluding hydrogens is 204 g/mol. The summed E-state index contributed by atoms with van der Waals surface area (Å²) >= 11 is 0. The minimum Gasteiger partial charge on any atom is -0.0665 e. The quantitative estimate of drug-likeness (QED) is 0.517. The van der Waals surface area contributed by atoms with Crippen molar-refractivity contribution in [3.05, 3.63) is 11.1 Å². The van der Waals surface area contributed by atoms with Gasteiger partial charge >= 0.3 is 0 Å². The van der Waals surface area contributed by atoms with Crippen molar-refractivity contribution in [1.82, 2.24) is 0 Å². The molecule has 94 valence electrons. The maximum atomic E-state index is 2.48. The second-order valence-electron chi connectivity index (χ2n) is 8.13. The molecule has 0 aromatic heterocycles. The highest BCUT2D eigenvalue weighted by Crippen LogP contribution is 2.79. The maximum absolute atomic E-state index is 2.48. The van der Waals surface area contributed by atoms with Gasteiger partial charge in [-0.1, -0.05) is 38.3 Å². The molecule has 17 heavy (non-hydrogen) atoms. The van der Waals surface area contributed by atoms with E-state index in [-0.39, 0.29) is 0 Å². The Morgan fingerprint density at radius 3 is 2.59 bits per heavy atom. The molecule has 4 atom stereocenters. The SMILES string of the molecule is CC(C)(C)C1=C2CCCC[C@@H]2[C@H]2CC[C@@H]3C[C@@]132. The highest BCUT2D eigenvalue weighted by atomic mass is 14.7. The molecule has 0 aromatic rings. The Hall–Kier alpha value is -0.260. The van der Waals surface area contributed by atoms with Crippen LogP contribution in [0, 0.1) is 28.6 Å². The zero-order chi connectivity index (χ0) is 11.8. The van der Waals surface area contributed by atoms with Gasteiger partial charge in [-0.3, -0.25) is 0 Å². The molecule has 0 saturated heterocycles. The Balaban J connectivity index is 1.87. The number of fused-ring (bicyclic) bond motifs is 2. The Bertz CT molecular complexity index is 395. The lowest BCUT2D eigenvalue weighted by Gasteiger charge is -2.30. The van der Waals surface area contributed by atoms with Crippen LogP contribution in [0.5, 0.6) is 0 Å². The largest absolute Gasteiger partial charge is 0.0665 e. The van der Waals surface area contributed by atoms with Gasteiger partial charge in [0.2, 0.25) is 0 Å². The molecule has 0 N–H and O–H groups in total. The minimum absolute atomic E-state index is 0.443. The van der Waals surface area contributed by atoms with Gasteiger partial charge in [-0.2, -0.15) is 0 Å². The molecular formula is C17H26. The van der Waals surface area contributed by atoms with Gasteiger partial charge in [0, 0.05) is 0 Å². The van der Waals surface area contributed by atoms with E-state index >= 15 is 0 Å². The van der Waals surface area contributed by atoms with Crippen LogP contribution in [0.25, 0.3) is 0 Å². The lowest BCUT2D eigenvalue weighted by Crippen LogP contribution is -2.21. The fourth-order valence-corrected chi connectivity index (χ4v) is 6.13. The molecule has 4 aliphatic carbocycles. The van der Waals surface area contributed by atoms with Gasteiger partial charge in [0.1, 0.15) is 0 Å². The van der Waals surface area contributed by atoms with Crippen molar-refractivity contribution in [2.45, 2.75) is 65.7 Å². The number of hydrogen-bond donors (Lipinski definition) is 0. The summed E-state index contributed by atoms with van der Waals surface area (Å²) in [5.74, 6) is 3.20. The molecule has 0 heterocycles. The van der Waals surface area contributed by atoms with Crippen LogP contribution < -0.4 is 0 Å². The van der Waals surface area contributed by atoms with Crippen molar-refractivity contribution in [3.63, 3.8) is 0 Å². The molecule has 0 amide bonds. The summed E-state index contributed by atoms with van der Waals surface area (Å²) in [4.78, 5) is 0. The fraction of sp³-hybridized carbons (Fsp3) is 0.882. The molecule has 4 rings (SSSR count). The Labute approximate surface area is 106 Å². The van der Waals surface area contributed by atoms with E-state index < -0.39 is 0 Å². The molecule has 4 aliphatic rings. The average molecular weight is 230 g/mol. The maximum Gasteiger partial charge on any atom is -0.00146 e. The first-order valence-corrected chi connectivity index (χ1v) is 7.79. The highest BCUT2D eigenvalue weighted by molar-refractivity contribution is 5.45. The third-order valence-electron chi connectivity index (χ3n) is 6.32. The summed E-state index contributed by atoms with van der Waals surface area (Å²) in [5.41, 5.74) is 5.10. The minimum atomic E-state index is 0.443. The van der Waals surface area contributed by atoms with Crippen molar-refractivity contribution < 1.29 is 0 Å². The second-order valence-corrected chi connectivity index (χ2v) is 8.13. The van der Waals surface area contributed by atoms with Gasteiger partial charge in [-0.25, -0.2) is 0 Å². The van der Waals surface area contributed by atoms with Gasteiger partial charge in [-0.05, 0) is 67.1 Å². The third kappa shape index (κ3) is 1.15. The van der Waals surface area contributed by atoms with Crippen molar-refractivity contribution in [2.75, 3.05) is 0 Å². The summed E-state index contributed by atoms with van der Waals surface area (Å²) < 4.78 is 0. The molecule has 0 bridgehead atoms. The summed E-state index contributed by atoms with van der Waals surface area (Å²) in [6.07, 6.45) is 10.6. The standard InChI is InChI=1S/C17H26/c1-16(2,3)15-13-7-5-4-6-12(13)14-9-8-11-10-17(11,14)15/h11-12,14H,4-10H2,1-3H3/t11-,12+,14-,17-/m1/s1. The number of hydrogen-bond acceptors (Lipinski definition) is 0. The van der Waals surface area contributed by atoms with E-state index in [1.807, 2.05) is 11.1 Å². The van der Waals surface area contributed by atoms with Crippen LogP contribution in [0.4, 0.5) is 0 Å². The Morgan fingerprint density at radius 2 is 1.88 bits per heavy atom. The molecule has 0 unspecified atom stereocenters. The topological polar surface area (TPSA) is 0 Å². The molecule has 0 heteroatoms. The zero-order valence-corrected chi connectivity index (χ0v) is 11.7. The van der Waals surface area contributed by atoms with Gasteiger partial charge in [-0.15, -0.1) is 0 Å². The second kappa shape index (κ2) is 3.00. The summed E-state index contributed by atoms with van der Waals surface area (Å²) in [7, 11) is 0. The molecule has 3 saturated carbocycles. The Kier molecular flexibility index (Phi) is 1.88. The van der Waals surface area contributed by atoms with Crippen LogP contribution >= 0.6 is 0 Å². The molecule has 0 aromatic carbocycles. The van der Waals surface area contributed by atoms with Gasteiger partial charge < -0.3 is 0 Å². The molecule has 1 spiro atoms. The van der Waals surface area contributed by atoms with Crippen LogP contribution in [-0.2, 0) is 0 Å². The van der Waals surface area contributed by atoms with E-state index in [9.17, 15) is 0 Å². The Morgan fingerprint density at radius 1 is 1.06 bits per heavy atom. The predicted octanol–water partition coefficient (Wildman–Crippen LogP) is 4.95. The first-order valence-electron chi connectivity index (χ1n) is 7.79.